The van der Waals surface area contributed by atoms with Gasteiger partial charge in [-0.2, -0.15) is 17.5 Å². The second kappa shape index (κ2) is 11.1. The van der Waals surface area contributed by atoms with Crippen LogP contribution >= 0.6 is 11.6 Å². The molecular formula is C26H24ClF3N2O4S. The average molecular weight is 553 g/mol. The molecule has 0 radical (unpaired) electrons. The van der Waals surface area contributed by atoms with Gasteiger partial charge in [0.25, 0.3) is 0 Å². The fourth-order valence-corrected chi connectivity index (χ4v) is 5.82. The smallest absolute Gasteiger partial charge is 0.416 e. The first-order valence-corrected chi connectivity index (χ1v) is 13.3. The van der Waals surface area contributed by atoms with Gasteiger partial charge < -0.3 is 10.1 Å². The van der Waals surface area contributed by atoms with Gasteiger partial charge in [0.15, 0.2) is 0 Å². The SMILES string of the molecule is O=C(NCc1cccc(OCc2ccc(C(F)(F)F)cc2)c1)[C@@H]1CCCN1S(=O)(=O)c1ccc(Cl)cc1. The van der Waals surface area contributed by atoms with E-state index in [-0.39, 0.29) is 24.6 Å². The van der Waals surface area contributed by atoms with E-state index in [0.717, 1.165) is 17.7 Å². The van der Waals surface area contributed by atoms with Crippen molar-refractivity contribution in [1.29, 1.82) is 0 Å². The topological polar surface area (TPSA) is 75.7 Å². The Kier molecular flexibility index (Phi) is 8.11. The van der Waals surface area contributed by atoms with E-state index in [1.165, 1.54) is 40.7 Å². The number of nitrogens with one attached hydrogen (secondary N) is 1. The molecule has 1 amide bonds. The molecule has 6 nitrogen and oxygen atoms in total. The van der Waals surface area contributed by atoms with Gasteiger partial charge in [0.2, 0.25) is 15.9 Å². The highest BCUT2D eigenvalue weighted by Gasteiger charge is 2.39. The zero-order valence-corrected chi connectivity index (χ0v) is 21.1. The first kappa shape index (κ1) is 27.0. The van der Waals surface area contributed by atoms with Crippen molar-refractivity contribution in [3.8, 4) is 5.75 Å². The first-order chi connectivity index (χ1) is 17.5. The number of carbonyl (C=O) groups is 1. The Balaban J connectivity index is 1.35. The van der Waals surface area contributed by atoms with E-state index in [1.807, 2.05) is 0 Å². The van der Waals surface area contributed by atoms with Gasteiger partial charge in [-0.05, 0) is 72.5 Å². The van der Waals surface area contributed by atoms with E-state index in [4.69, 9.17) is 16.3 Å². The standard InChI is InChI=1S/C26H24ClF3N2O4S/c27-21-10-12-23(13-11-21)37(34,35)32-14-2-5-24(32)25(33)31-16-19-3-1-4-22(15-19)36-17-18-6-8-20(9-7-18)26(28,29)30/h1,3-4,6-13,15,24H,2,5,14,16-17H2,(H,31,33)/t24-/m0/s1. The molecule has 1 heterocycles. The lowest BCUT2D eigenvalue weighted by Crippen LogP contribution is -2.45. The molecule has 1 fully saturated rings. The van der Waals surface area contributed by atoms with Gasteiger partial charge in [0.05, 0.1) is 10.5 Å². The van der Waals surface area contributed by atoms with Crippen molar-refractivity contribution in [2.24, 2.45) is 0 Å². The van der Waals surface area contributed by atoms with Crippen molar-refractivity contribution in [3.63, 3.8) is 0 Å². The van der Waals surface area contributed by atoms with Crippen molar-refractivity contribution in [1.82, 2.24) is 9.62 Å². The largest absolute Gasteiger partial charge is 0.489 e. The summed E-state index contributed by atoms with van der Waals surface area (Å²) in [6.45, 7) is 0.478. The summed E-state index contributed by atoms with van der Waals surface area (Å²) < 4.78 is 71.2. The Labute approximate surface area is 218 Å². The Morgan fingerprint density at radius 1 is 1.03 bits per heavy atom. The van der Waals surface area contributed by atoms with Gasteiger partial charge in [-0.3, -0.25) is 4.79 Å². The average Bonchev–Trinajstić information content (AvgIpc) is 3.38. The Hall–Kier alpha value is -3.08. The molecule has 1 aliphatic heterocycles. The van der Waals surface area contributed by atoms with Crippen molar-refractivity contribution < 1.29 is 31.1 Å². The van der Waals surface area contributed by atoms with Gasteiger partial charge in [-0.25, -0.2) is 8.42 Å². The summed E-state index contributed by atoms with van der Waals surface area (Å²) in [6, 6.07) is 16.7. The van der Waals surface area contributed by atoms with E-state index in [0.29, 0.717) is 29.2 Å². The molecular weight excluding hydrogens is 529 g/mol. The highest BCUT2D eigenvalue weighted by molar-refractivity contribution is 7.89. The van der Waals surface area contributed by atoms with Crippen molar-refractivity contribution in [2.75, 3.05) is 6.54 Å². The molecule has 0 saturated carbocycles. The zero-order valence-electron chi connectivity index (χ0n) is 19.5. The number of ether oxygens (including phenoxy) is 1. The predicted molar refractivity (Wildman–Crippen MR) is 132 cm³/mol. The second-order valence-corrected chi connectivity index (χ2v) is 10.9. The van der Waals surface area contributed by atoms with Gasteiger partial charge in [0.1, 0.15) is 18.4 Å². The molecule has 3 aromatic carbocycles. The summed E-state index contributed by atoms with van der Waals surface area (Å²) in [7, 11) is -3.85. The fraction of sp³-hybridized carbons (Fsp3) is 0.269. The van der Waals surface area contributed by atoms with Gasteiger partial charge in [0, 0.05) is 18.1 Å². The van der Waals surface area contributed by atoms with E-state index in [9.17, 15) is 26.4 Å². The molecule has 0 aliphatic carbocycles. The zero-order chi connectivity index (χ0) is 26.6. The minimum Gasteiger partial charge on any atom is -0.489 e. The van der Waals surface area contributed by atoms with E-state index in [2.05, 4.69) is 5.32 Å². The summed E-state index contributed by atoms with van der Waals surface area (Å²) >= 11 is 5.86. The molecule has 0 spiro atoms. The van der Waals surface area contributed by atoms with Crippen LogP contribution in [0, 0.1) is 0 Å². The third-order valence-electron chi connectivity index (χ3n) is 5.98. The molecule has 3 aromatic rings. The Morgan fingerprint density at radius 2 is 1.73 bits per heavy atom. The van der Waals surface area contributed by atoms with Crippen LogP contribution in [0.5, 0.6) is 5.75 Å². The van der Waals surface area contributed by atoms with Crippen LogP contribution < -0.4 is 10.1 Å². The number of alkyl halides is 3. The number of benzene rings is 3. The lowest BCUT2D eigenvalue weighted by molar-refractivity contribution is -0.137. The van der Waals surface area contributed by atoms with Gasteiger partial charge in [-0.1, -0.05) is 35.9 Å². The van der Waals surface area contributed by atoms with Crippen LogP contribution in [0.15, 0.2) is 77.7 Å². The number of hydrogen-bond acceptors (Lipinski definition) is 4. The quantitative estimate of drug-likeness (QED) is 0.406. The minimum absolute atomic E-state index is 0.0769. The maximum Gasteiger partial charge on any atom is 0.416 e. The van der Waals surface area contributed by atoms with Crippen LogP contribution in [-0.4, -0.2) is 31.2 Å². The molecule has 11 heteroatoms. The van der Waals surface area contributed by atoms with E-state index in [1.54, 1.807) is 24.3 Å². The number of amides is 1. The highest BCUT2D eigenvalue weighted by atomic mass is 35.5. The number of hydrogen-bond donors (Lipinski definition) is 1. The number of rotatable bonds is 8. The van der Waals surface area contributed by atoms with Crippen LogP contribution in [0.2, 0.25) is 5.02 Å². The maximum atomic E-state index is 13.1. The van der Waals surface area contributed by atoms with Gasteiger partial charge in [-0.15, -0.1) is 0 Å². The molecule has 4 rings (SSSR count). The van der Waals surface area contributed by atoms with Crippen molar-refractivity contribution >= 4 is 27.5 Å². The monoisotopic (exact) mass is 552 g/mol. The molecule has 0 aromatic heterocycles. The van der Waals surface area contributed by atoms with Gasteiger partial charge >= 0.3 is 6.18 Å². The van der Waals surface area contributed by atoms with Crippen LogP contribution in [0.4, 0.5) is 13.2 Å². The third-order valence-corrected chi connectivity index (χ3v) is 8.15. The van der Waals surface area contributed by atoms with Crippen LogP contribution in [0.25, 0.3) is 0 Å². The number of halogens is 4. The molecule has 1 saturated heterocycles. The molecule has 1 N–H and O–H groups in total. The summed E-state index contributed by atoms with van der Waals surface area (Å²) in [5.41, 5.74) is 0.578. The predicted octanol–water partition coefficient (Wildman–Crippen LogP) is 5.41. The first-order valence-electron chi connectivity index (χ1n) is 11.5. The summed E-state index contributed by atoms with van der Waals surface area (Å²) in [5, 5.41) is 3.21. The summed E-state index contributed by atoms with van der Waals surface area (Å²) in [5.74, 6) is 0.0885. The number of nitrogens with zero attached hydrogens (tertiary/aromatic N) is 1. The molecule has 1 atom stereocenters. The van der Waals surface area contributed by atoms with E-state index >= 15 is 0 Å². The third kappa shape index (κ3) is 6.63. The molecule has 37 heavy (non-hydrogen) atoms. The van der Waals surface area contributed by atoms with E-state index < -0.39 is 33.7 Å². The molecule has 1 aliphatic rings. The molecule has 196 valence electrons. The lowest BCUT2D eigenvalue weighted by Gasteiger charge is -2.23. The summed E-state index contributed by atoms with van der Waals surface area (Å²) in [4.78, 5) is 13.0. The number of sulfonamides is 1. The van der Waals surface area contributed by atoms with Crippen molar-refractivity contribution in [3.05, 3.63) is 94.5 Å². The normalized spacial score (nSPS) is 16.5. The number of carbonyl (C=O) groups excluding carboxylic acids is 1. The van der Waals surface area contributed by atoms with Crippen LogP contribution in [0.1, 0.15) is 29.5 Å². The maximum absolute atomic E-state index is 13.1. The fourth-order valence-electron chi connectivity index (χ4n) is 4.04. The Morgan fingerprint density at radius 3 is 2.41 bits per heavy atom. The minimum atomic E-state index is -4.40. The van der Waals surface area contributed by atoms with Crippen LogP contribution in [-0.2, 0) is 34.1 Å². The summed E-state index contributed by atoms with van der Waals surface area (Å²) in [6.07, 6.45) is -3.42. The molecule has 0 unspecified atom stereocenters. The van der Waals surface area contributed by atoms with Crippen molar-refractivity contribution in [2.45, 2.75) is 43.1 Å². The highest BCUT2D eigenvalue weighted by Crippen LogP contribution is 2.30. The second-order valence-electron chi connectivity index (χ2n) is 8.58. The molecule has 0 bridgehead atoms. The van der Waals surface area contributed by atoms with Crippen LogP contribution in [0.3, 0.4) is 0 Å². The Bertz CT molecular complexity index is 1350. The lowest BCUT2D eigenvalue weighted by atomic mass is 10.1.